The molecule has 1 aromatic rings. The molecule has 0 radical (unpaired) electrons. The lowest BCUT2D eigenvalue weighted by Gasteiger charge is -2.22. The molecule has 116 valence electrons. The lowest BCUT2D eigenvalue weighted by atomic mass is 10.1. The topological polar surface area (TPSA) is 41.3 Å². The van der Waals surface area contributed by atoms with Crippen LogP contribution in [0.25, 0.3) is 0 Å². The van der Waals surface area contributed by atoms with Gasteiger partial charge in [-0.15, -0.1) is 0 Å². The normalized spacial score (nSPS) is 13.3. The van der Waals surface area contributed by atoms with Gasteiger partial charge in [0.25, 0.3) is 0 Å². The van der Waals surface area contributed by atoms with Gasteiger partial charge in [0.2, 0.25) is 0 Å². The first kappa shape index (κ1) is 17.2. The van der Waals surface area contributed by atoms with Gasteiger partial charge in [0.1, 0.15) is 0 Å². The highest BCUT2D eigenvalue weighted by molar-refractivity contribution is 5.05. The third kappa shape index (κ3) is 6.53. The Morgan fingerprint density at radius 1 is 1.30 bits per heavy atom. The summed E-state index contributed by atoms with van der Waals surface area (Å²) in [6, 6.07) is 2.08. The molecule has 1 N–H and O–H groups in total. The Bertz CT molecular complexity index is 362. The molecular weight excluding hydrogens is 250 g/mol. The minimum absolute atomic E-state index is 0.660. The third-order valence-corrected chi connectivity index (χ3v) is 3.56. The van der Waals surface area contributed by atoms with E-state index in [9.17, 15) is 0 Å². The van der Waals surface area contributed by atoms with E-state index in [0.29, 0.717) is 5.92 Å². The van der Waals surface area contributed by atoms with Crippen LogP contribution in [0.4, 0.5) is 0 Å². The fraction of sp³-hybridized carbons (Fsp3) is 0.812. The number of aromatic nitrogens is 1. The lowest BCUT2D eigenvalue weighted by Crippen LogP contribution is -2.27. The first-order chi connectivity index (χ1) is 9.55. The number of nitrogens with one attached hydrogen (secondary N) is 1. The molecule has 20 heavy (non-hydrogen) atoms. The molecule has 4 heteroatoms. The van der Waals surface area contributed by atoms with Gasteiger partial charge in [-0.2, -0.15) is 0 Å². The highest BCUT2D eigenvalue weighted by Gasteiger charge is 2.11. The average molecular weight is 281 g/mol. The highest BCUT2D eigenvalue weighted by atomic mass is 16.5. The van der Waals surface area contributed by atoms with Crippen molar-refractivity contribution in [2.24, 2.45) is 11.8 Å². The Morgan fingerprint density at radius 2 is 2.05 bits per heavy atom. The van der Waals surface area contributed by atoms with E-state index in [-0.39, 0.29) is 0 Å². The summed E-state index contributed by atoms with van der Waals surface area (Å²) >= 11 is 0. The van der Waals surface area contributed by atoms with Crippen LogP contribution in [0.15, 0.2) is 10.6 Å². The molecule has 1 rings (SSSR count). The first-order valence-electron chi connectivity index (χ1n) is 7.92. The van der Waals surface area contributed by atoms with E-state index >= 15 is 0 Å². The molecule has 4 nitrogen and oxygen atoms in total. The van der Waals surface area contributed by atoms with E-state index < -0.39 is 0 Å². The second-order valence-electron chi connectivity index (χ2n) is 6.15. The van der Waals surface area contributed by atoms with Crippen molar-refractivity contribution in [1.82, 2.24) is 15.4 Å². The van der Waals surface area contributed by atoms with Gasteiger partial charge in [0, 0.05) is 19.2 Å². The van der Waals surface area contributed by atoms with Crippen LogP contribution in [-0.2, 0) is 13.1 Å². The second-order valence-corrected chi connectivity index (χ2v) is 6.15. The maximum atomic E-state index is 5.44. The van der Waals surface area contributed by atoms with Gasteiger partial charge in [0.15, 0.2) is 5.76 Å². The SMILES string of the molecule is CCC(C)CN(CC)Cc1cc(CNCC(C)C)no1. The van der Waals surface area contributed by atoms with Crippen LogP contribution in [0, 0.1) is 11.8 Å². The van der Waals surface area contributed by atoms with Crippen molar-refractivity contribution < 1.29 is 4.52 Å². The summed E-state index contributed by atoms with van der Waals surface area (Å²) in [7, 11) is 0. The minimum atomic E-state index is 0.660. The van der Waals surface area contributed by atoms with Gasteiger partial charge in [-0.25, -0.2) is 0 Å². The third-order valence-electron chi connectivity index (χ3n) is 3.56. The minimum Gasteiger partial charge on any atom is -0.360 e. The molecule has 1 aromatic heterocycles. The Morgan fingerprint density at radius 3 is 2.65 bits per heavy atom. The standard InChI is InChI=1S/C16H31N3O/c1-6-14(5)11-19(7-2)12-16-8-15(18-20-16)10-17-9-13(3)4/h8,13-14,17H,6-7,9-12H2,1-5H3. The molecule has 1 heterocycles. The van der Waals surface area contributed by atoms with Crippen molar-refractivity contribution in [3.05, 3.63) is 17.5 Å². The summed E-state index contributed by atoms with van der Waals surface area (Å²) in [6.07, 6.45) is 1.22. The fourth-order valence-electron chi connectivity index (χ4n) is 2.10. The predicted molar refractivity (Wildman–Crippen MR) is 83.5 cm³/mol. The zero-order chi connectivity index (χ0) is 15.0. The van der Waals surface area contributed by atoms with Crippen molar-refractivity contribution in [1.29, 1.82) is 0 Å². The largest absolute Gasteiger partial charge is 0.360 e. The summed E-state index contributed by atoms with van der Waals surface area (Å²) in [5, 5.41) is 7.52. The second kappa shape index (κ2) is 9.14. The Labute approximate surface area is 123 Å². The first-order valence-corrected chi connectivity index (χ1v) is 7.92. The van der Waals surface area contributed by atoms with E-state index in [4.69, 9.17) is 4.52 Å². The quantitative estimate of drug-likeness (QED) is 0.714. The molecule has 0 fully saturated rings. The van der Waals surface area contributed by atoms with Crippen molar-refractivity contribution in [3.8, 4) is 0 Å². The van der Waals surface area contributed by atoms with Gasteiger partial charge >= 0.3 is 0 Å². The summed E-state index contributed by atoms with van der Waals surface area (Å²) in [6.45, 7) is 16.0. The highest BCUT2D eigenvalue weighted by Crippen LogP contribution is 2.11. The monoisotopic (exact) mass is 281 g/mol. The molecule has 0 aliphatic heterocycles. The fourth-order valence-corrected chi connectivity index (χ4v) is 2.10. The van der Waals surface area contributed by atoms with E-state index in [1.165, 1.54) is 6.42 Å². The van der Waals surface area contributed by atoms with E-state index in [1.807, 2.05) is 0 Å². The van der Waals surface area contributed by atoms with Crippen molar-refractivity contribution in [3.63, 3.8) is 0 Å². The van der Waals surface area contributed by atoms with Crippen LogP contribution < -0.4 is 5.32 Å². The number of rotatable bonds is 10. The Kier molecular flexibility index (Phi) is 7.85. The van der Waals surface area contributed by atoms with Crippen LogP contribution in [0.1, 0.15) is 52.5 Å². The number of hydrogen-bond donors (Lipinski definition) is 1. The Balaban J connectivity index is 2.41. The molecule has 0 spiro atoms. The van der Waals surface area contributed by atoms with Gasteiger partial charge < -0.3 is 9.84 Å². The van der Waals surface area contributed by atoms with Crippen molar-refractivity contribution >= 4 is 0 Å². The van der Waals surface area contributed by atoms with E-state index in [2.05, 4.69) is 56.1 Å². The molecular formula is C16H31N3O. The molecule has 0 aromatic carbocycles. The summed E-state index contributed by atoms with van der Waals surface area (Å²) < 4.78 is 5.44. The van der Waals surface area contributed by atoms with Gasteiger partial charge in [-0.1, -0.05) is 46.2 Å². The zero-order valence-corrected chi connectivity index (χ0v) is 13.8. The molecule has 0 saturated carbocycles. The molecule has 0 amide bonds. The summed E-state index contributed by atoms with van der Waals surface area (Å²) in [5.74, 6) is 2.36. The van der Waals surface area contributed by atoms with E-state index in [1.54, 1.807) is 0 Å². The average Bonchev–Trinajstić information content (AvgIpc) is 2.85. The molecule has 0 bridgehead atoms. The maximum absolute atomic E-state index is 5.44. The summed E-state index contributed by atoms with van der Waals surface area (Å²) in [4.78, 5) is 2.42. The predicted octanol–water partition coefficient (Wildman–Crippen LogP) is 3.29. The van der Waals surface area contributed by atoms with Crippen molar-refractivity contribution in [2.45, 2.75) is 54.1 Å². The molecule has 0 saturated heterocycles. The molecule has 1 atom stereocenters. The smallest absolute Gasteiger partial charge is 0.151 e. The van der Waals surface area contributed by atoms with Crippen LogP contribution in [-0.4, -0.2) is 29.7 Å². The Hall–Kier alpha value is -0.870. The van der Waals surface area contributed by atoms with Crippen LogP contribution in [0.2, 0.25) is 0 Å². The van der Waals surface area contributed by atoms with Gasteiger partial charge in [0.05, 0.1) is 12.2 Å². The number of hydrogen-bond acceptors (Lipinski definition) is 4. The van der Waals surface area contributed by atoms with Gasteiger partial charge in [-0.05, 0) is 24.9 Å². The van der Waals surface area contributed by atoms with Gasteiger partial charge in [-0.3, -0.25) is 4.90 Å². The van der Waals surface area contributed by atoms with Crippen molar-refractivity contribution in [2.75, 3.05) is 19.6 Å². The van der Waals surface area contributed by atoms with E-state index in [0.717, 1.165) is 50.1 Å². The maximum Gasteiger partial charge on any atom is 0.151 e. The van der Waals surface area contributed by atoms with Crippen LogP contribution in [0.5, 0.6) is 0 Å². The molecule has 0 aliphatic rings. The zero-order valence-electron chi connectivity index (χ0n) is 13.8. The number of nitrogens with zero attached hydrogens (tertiary/aromatic N) is 2. The molecule has 0 aliphatic carbocycles. The van der Waals surface area contributed by atoms with Crippen LogP contribution >= 0.6 is 0 Å². The molecule has 1 unspecified atom stereocenters. The van der Waals surface area contributed by atoms with Crippen LogP contribution in [0.3, 0.4) is 0 Å². The lowest BCUT2D eigenvalue weighted by molar-refractivity contribution is 0.211. The summed E-state index contributed by atoms with van der Waals surface area (Å²) in [5.41, 5.74) is 1.00.